The number of benzene rings is 2. The highest BCUT2D eigenvalue weighted by Crippen LogP contribution is 2.17. The van der Waals surface area contributed by atoms with Crippen LogP contribution in [-0.2, 0) is 11.0 Å². The lowest BCUT2D eigenvalue weighted by Gasteiger charge is -2.07. The maximum absolute atomic E-state index is 13.3. The summed E-state index contributed by atoms with van der Waals surface area (Å²) in [5.41, 5.74) is 0.0779. The molecule has 1 N–H and O–H groups in total. The molecule has 0 aliphatic rings. The molecule has 0 saturated heterocycles. The Morgan fingerprint density at radius 2 is 1.47 bits per heavy atom. The van der Waals surface area contributed by atoms with Gasteiger partial charge in [-0.1, -0.05) is 24.3 Å². The van der Waals surface area contributed by atoms with E-state index in [1.807, 2.05) is 0 Å². The van der Waals surface area contributed by atoms with Gasteiger partial charge in [0.2, 0.25) is 0 Å². The van der Waals surface area contributed by atoms with Gasteiger partial charge in [0.1, 0.15) is 11.6 Å². The SMILES string of the molecule is O=S(Nc1ccccc1F)c1ccccc1F. The Kier molecular flexibility index (Phi) is 3.49. The normalized spacial score (nSPS) is 12.1. The van der Waals surface area contributed by atoms with Crippen LogP contribution in [0.1, 0.15) is 0 Å². The maximum Gasteiger partial charge on any atom is 0.153 e. The molecule has 1 unspecified atom stereocenters. The Bertz CT molecular complexity index is 560. The molecule has 0 aliphatic carbocycles. The summed E-state index contributed by atoms with van der Waals surface area (Å²) in [5, 5.41) is 0. The van der Waals surface area contributed by atoms with Crippen molar-refractivity contribution in [3.05, 3.63) is 60.2 Å². The van der Waals surface area contributed by atoms with Crippen molar-refractivity contribution in [1.82, 2.24) is 0 Å². The topological polar surface area (TPSA) is 29.1 Å². The molecular weight excluding hydrogens is 244 g/mol. The summed E-state index contributed by atoms with van der Waals surface area (Å²) in [5.74, 6) is -1.12. The molecule has 0 radical (unpaired) electrons. The summed E-state index contributed by atoms with van der Waals surface area (Å²) >= 11 is 0. The second-order valence-corrected chi connectivity index (χ2v) is 4.46. The van der Waals surface area contributed by atoms with Crippen LogP contribution in [-0.4, -0.2) is 4.21 Å². The molecular formula is C12H9F2NOS. The van der Waals surface area contributed by atoms with Gasteiger partial charge in [-0.05, 0) is 24.3 Å². The Hall–Kier alpha value is -1.75. The van der Waals surface area contributed by atoms with E-state index in [0.717, 1.165) is 0 Å². The molecule has 5 heteroatoms. The lowest BCUT2D eigenvalue weighted by Crippen LogP contribution is -2.07. The van der Waals surface area contributed by atoms with Gasteiger partial charge in [-0.3, -0.25) is 4.72 Å². The van der Waals surface area contributed by atoms with Crippen LogP contribution in [0.25, 0.3) is 0 Å². The second kappa shape index (κ2) is 5.05. The Morgan fingerprint density at radius 3 is 2.12 bits per heavy atom. The Labute approximate surface area is 99.9 Å². The highest BCUT2D eigenvalue weighted by molar-refractivity contribution is 7.86. The molecule has 88 valence electrons. The van der Waals surface area contributed by atoms with Gasteiger partial charge in [0, 0.05) is 0 Å². The smallest absolute Gasteiger partial charge is 0.153 e. The minimum Gasteiger partial charge on any atom is -0.298 e. The number of para-hydroxylation sites is 1. The fourth-order valence-electron chi connectivity index (χ4n) is 1.29. The number of hydrogen-bond acceptors (Lipinski definition) is 1. The predicted octanol–water partition coefficient (Wildman–Crippen LogP) is 3.10. The summed E-state index contributed by atoms with van der Waals surface area (Å²) in [7, 11) is -1.82. The van der Waals surface area contributed by atoms with Crippen molar-refractivity contribution in [3.8, 4) is 0 Å². The van der Waals surface area contributed by atoms with E-state index < -0.39 is 22.6 Å². The number of anilines is 1. The molecule has 0 bridgehead atoms. The minimum absolute atomic E-state index is 0.00393. The summed E-state index contributed by atoms with van der Waals surface area (Å²) in [4.78, 5) is -0.00393. The fraction of sp³-hybridized carbons (Fsp3) is 0. The van der Waals surface area contributed by atoms with Crippen LogP contribution >= 0.6 is 0 Å². The van der Waals surface area contributed by atoms with Crippen LogP contribution in [0.2, 0.25) is 0 Å². The van der Waals surface area contributed by atoms with E-state index in [0.29, 0.717) is 0 Å². The van der Waals surface area contributed by atoms with Crippen LogP contribution < -0.4 is 4.72 Å². The van der Waals surface area contributed by atoms with E-state index in [-0.39, 0.29) is 10.6 Å². The van der Waals surface area contributed by atoms with Crippen LogP contribution in [0, 0.1) is 11.6 Å². The fourth-order valence-corrected chi connectivity index (χ4v) is 2.22. The third-order valence-electron chi connectivity index (χ3n) is 2.11. The Morgan fingerprint density at radius 1 is 0.882 bits per heavy atom. The highest BCUT2D eigenvalue weighted by Gasteiger charge is 2.10. The number of halogens is 2. The van der Waals surface area contributed by atoms with Crippen molar-refractivity contribution in [3.63, 3.8) is 0 Å². The molecule has 0 saturated carbocycles. The van der Waals surface area contributed by atoms with Crippen LogP contribution in [0.5, 0.6) is 0 Å². The molecule has 2 aromatic rings. The molecule has 0 spiro atoms. The summed E-state index contributed by atoms with van der Waals surface area (Å²) < 4.78 is 40.8. The molecule has 0 aliphatic heterocycles. The van der Waals surface area contributed by atoms with Crippen LogP contribution in [0.4, 0.5) is 14.5 Å². The van der Waals surface area contributed by atoms with Gasteiger partial charge in [0.05, 0.1) is 10.6 Å². The van der Waals surface area contributed by atoms with Crippen molar-refractivity contribution >= 4 is 16.7 Å². The van der Waals surface area contributed by atoms with Gasteiger partial charge in [0.25, 0.3) is 0 Å². The molecule has 0 fully saturated rings. The van der Waals surface area contributed by atoms with E-state index in [9.17, 15) is 13.0 Å². The van der Waals surface area contributed by atoms with E-state index >= 15 is 0 Å². The first-order valence-corrected chi connectivity index (χ1v) is 6.01. The van der Waals surface area contributed by atoms with E-state index in [4.69, 9.17) is 0 Å². The van der Waals surface area contributed by atoms with E-state index in [2.05, 4.69) is 4.72 Å². The summed E-state index contributed by atoms with van der Waals surface area (Å²) in [6, 6.07) is 11.5. The summed E-state index contributed by atoms with van der Waals surface area (Å²) in [6.45, 7) is 0. The molecule has 2 rings (SSSR count). The van der Waals surface area contributed by atoms with Gasteiger partial charge in [-0.15, -0.1) is 0 Å². The molecule has 2 aromatic carbocycles. The zero-order chi connectivity index (χ0) is 12.3. The standard InChI is InChI=1S/C12H9F2NOS/c13-9-5-1-3-7-11(9)15-17(16)12-8-4-2-6-10(12)14/h1-8,15H. The third-order valence-corrected chi connectivity index (χ3v) is 3.25. The van der Waals surface area contributed by atoms with Crippen molar-refractivity contribution in [1.29, 1.82) is 0 Å². The maximum atomic E-state index is 13.3. The molecule has 2 nitrogen and oxygen atoms in total. The lowest BCUT2D eigenvalue weighted by molar-refractivity contribution is 0.595. The van der Waals surface area contributed by atoms with Gasteiger partial charge < -0.3 is 0 Å². The first kappa shape index (κ1) is 11.7. The zero-order valence-electron chi connectivity index (χ0n) is 8.69. The van der Waals surface area contributed by atoms with Crippen LogP contribution in [0.15, 0.2) is 53.4 Å². The average molecular weight is 253 g/mol. The second-order valence-electron chi connectivity index (χ2n) is 3.28. The quantitative estimate of drug-likeness (QED) is 0.894. The van der Waals surface area contributed by atoms with Crippen molar-refractivity contribution in [2.45, 2.75) is 4.90 Å². The number of nitrogens with one attached hydrogen (secondary N) is 1. The van der Waals surface area contributed by atoms with Crippen LogP contribution in [0.3, 0.4) is 0 Å². The zero-order valence-corrected chi connectivity index (χ0v) is 9.51. The molecule has 0 aromatic heterocycles. The predicted molar refractivity (Wildman–Crippen MR) is 62.8 cm³/mol. The van der Waals surface area contributed by atoms with Gasteiger partial charge in [-0.25, -0.2) is 13.0 Å². The van der Waals surface area contributed by atoms with Crippen molar-refractivity contribution in [2.24, 2.45) is 0 Å². The third kappa shape index (κ3) is 2.68. The largest absolute Gasteiger partial charge is 0.298 e. The van der Waals surface area contributed by atoms with E-state index in [1.165, 1.54) is 36.4 Å². The van der Waals surface area contributed by atoms with Crippen molar-refractivity contribution < 1.29 is 13.0 Å². The number of hydrogen-bond donors (Lipinski definition) is 1. The summed E-state index contributed by atoms with van der Waals surface area (Å²) in [6.07, 6.45) is 0. The first-order chi connectivity index (χ1) is 8.18. The van der Waals surface area contributed by atoms with Crippen molar-refractivity contribution in [2.75, 3.05) is 4.72 Å². The molecule has 0 amide bonds. The van der Waals surface area contributed by atoms with Gasteiger partial charge >= 0.3 is 0 Å². The molecule has 0 heterocycles. The average Bonchev–Trinajstić information content (AvgIpc) is 2.32. The minimum atomic E-state index is -1.82. The Balaban J connectivity index is 2.24. The molecule has 1 atom stereocenters. The monoisotopic (exact) mass is 253 g/mol. The highest BCUT2D eigenvalue weighted by atomic mass is 32.2. The van der Waals surface area contributed by atoms with Gasteiger partial charge in [0.15, 0.2) is 11.0 Å². The lowest BCUT2D eigenvalue weighted by atomic mass is 10.3. The molecule has 17 heavy (non-hydrogen) atoms. The first-order valence-electron chi connectivity index (χ1n) is 4.86. The number of rotatable bonds is 3. The van der Waals surface area contributed by atoms with E-state index in [1.54, 1.807) is 12.1 Å². The van der Waals surface area contributed by atoms with Gasteiger partial charge in [-0.2, -0.15) is 0 Å².